The number of rotatable bonds is 3. The zero-order chi connectivity index (χ0) is 16.6. The van der Waals surface area contributed by atoms with Crippen LogP contribution in [0.3, 0.4) is 0 Å². The maximum absolute atomic E-state index is 12.7. The third-order valence-corrected chi connectivity index (χ3v) is 5.61. The second-order valence-corrected chi connectivity index (χ2v) is 7.31. The van der Waals surface area contributed by atoms with E-state index in [2.05, 4.69) is 4.72 Å². The minimum absolute atomic E-state index is 0.0587. The number of aryl methyl sites for hydroxylation is 1. The van der Waals surface area contributed by atoms with E-state index in [4.69, 9.17) is 0 Å². The highest BCUT2D eigenvalue weighted by molar-refractivity contribution is 7.89. The molecule has 0 saturated heterocycles. The molecule has 3 rings (SSSR count). The topological polar surface area (TPSA) is 90.2 Å². The van der Waals surface area contributed by atoms with Gasteiger partial charge in [0.25, 0.3) is 0 Å². The number of sulfonamides is 1. The van der Waals surface area contributed by atoms with E-state index >= 15 is 0 Å². The number of fused-ring (bicyclic) bond motifs is 1. The van der Waals surface area contributed by atoms with Crippen LogP contribution in [-0.2, 0) is 16.4 Å². The minimum Gasteiger partial charge on any atom is -0.391 e. The van der Waals surface area contributed by atoms with Gasteiger partial charge in [-0.15, -0.1) is 0 Å². The molecule has 0 amide bonds. The van der Waals surface area contributed by atoms with Crippen molar-refractivity contribution in [1.29, 1.82) is 5.26 Å². The zero-order valence-corrected chi connectivity index (χ0v) is 13.3. The van der Waals surface area contributed by atoms with Gasteiger partial charge in [-0.2, -0.15) is 5.26 Å². The van der Waals surface area contributed by atoms with E-state index in [-0.39, 0.29) is 10.5 Å². The summed E-state index contributed by atoms with van der Waals surface area (Å²) in [6.45, 7) is 1.69. The smallest absolute Gasteiger partial charge is 0.242 e. The molecular formula is C17H16N2O3S. The van der Waals surface area contributed by atoms with Crippen LogP contribution in [0.15, 0.2) is 47.4 Å². The highest BCUT2D eigenvalue weighted by atomic mass is 32.2. The molecule has 0 saturated carbocycles. The van der Waals surface area contributed by atoms with E-state index in [1.807, 2.05) is 24.3 Å². The fourth-order valence-corrected chi connectivity index (χ4v) is 4.43. The molecule has 23 heavy (non-hydrogen) atoms. The van der Waals surface area contributed by atoms with Crippen molar-refractivity contribution in [3.63, 3.8) is 0 Å². The first kappa shape index (κ1) is 15.7. The molecule has 0 unspecified atom stereocenters. The molecule has 1 aliphatic carbocycles. The standard InChI is InChI=1S/C17H16N2O3S/c1-11-5-4-8-16(14(11)10-18)23(21,22)19-17-13-7-3-2-6-12(13)9-15(17)20/h2-8,15,17,19-20H,9H2,1H3/t15-,17-/m0/s1. The predicted molar refractivity (Wildman–Crippen MR) is 85.1 cm³/mol. The summed E-state index contributed by atoms with van der Waals surface area (Å²) < 4.78 is 28.0. The Morgan fingerprint density at radius 3 is 2.70 bits per heavy atom. The fraction of sp³-hybridized carbons (Fsp3) is 0.235. The highest BCUT2D eigenvalue weighted by Gasteiger charge is 2.35. The van der Waals surface area contributed by atoms with Gasteiger partial charge in [-0.1, -0.05) is 36.4 Å². The Morgan fingerprint density at radius 1 is 1.22 bits per heavy atom. The Kier molecular flexibility index (Phi) is 3.94. The molecule has 2 atom stereocenters. The summed E-state index contributed by atoms with van der Waals surface area (Å²) in [7, 11) is -3.92. The van der Waals surface area contributed by atoms with Gasteiger partial charge in [0, 0.05) is 6.42 Å². The molecule has 0 bridgehead atoms. The summed E-state index contributed by atoms with van der Waals surface area (Å²) in [5.41, 5.74) is 2.43. The van der Waals surface area contributed by atoms with Crippen molar-refractivity contribution in [2.45, 2.75) is 30.4 Å². The lowest BCUT2D eigenvalue weighted by atomic mass is 10.1. The van der Waals surface area contributed by atoms with Crippen molar-refractivity contribution in [2.24, 2.45) is 0 Å². The first-order chi connectivity index (χ1) is 10.9. The van der Waals surface area contributed by atoms with Gasteiger partial charge >= 0.3 is 0 Å². The van der Waals surface area contributed by atoms with Crippen molar-refractivity contribution in [1.82, 2.24) is 4.72 Å². The highest BCUT2D eigenvalue weighted by Crippen LogP contribution is 2.33. The fourth-order valence-electron chi connectivity index (χ4n) is 2.95. The van der Waals surface area contributed by atoms with Gasteiger partial charge in [0.2, 0.25) is 10.0 Å². The quantitative estimate of drug-likeness (QED) is 0.899. The lowest BCUT2D eigenvalue weighted by Gasteiger charge is -2.18. The van der Waals surface area contributed by atoms with E-state index < -0.39 is 22.2 Å². The number of hydrogen-bond donors (Lipinski definition) is 2. The molecule has 2 N–H and O–H groups in total. The van der Waals surface area contributed by atoms with E-state index in [0.717, 1.165) is 11.1 Å². The largest absolute Gasteiger partial charge is 0.391 e. The Labute approximate surface area is 135 Å². The van der Waals surface area contributed by atoms with Crippen molar-refractivity contribution in [2.75, 3.05) is 0 Å². The first-order valence-electron chi connectivity index (χ1n) is 7.22. The van der Waals surface area contributed by atoms with Crippen LogP contribution in [0.1, 0.15) is 28.3 Å². The van der Waals surface area contributed by atoms with Crippen LogP contribution < -0.4 is 4.72 Å². The molecule has 6 heteroatoms. The predicted octanol–water partition coefficient (Wildman–Crippen LogP) is 1.80. The average molecular weight is 328 g/mol. The summed E-state index contributed by atoms with van der Waals surface area (Å²) in [5.74, 6) is 0. The Hall–Kier alpha value is -2.20. The average Bonchev–Trinajstić information content (AvgIpc) is 2.83. The molecule has 0 heterocycles. The molecule has 0 radical (unpaired) electrons. The number of aliphatic hydroxyl groups is 1. The molecule has 0 spiro atoms. The normalized spacial score (nSPS) is 20.0. The maximum atomic E-state index is 12.7. The van der Waals surface area contributed by atoms with Gasteiger partial charge in [-0.3, -0.25) is 0 Å². The molecular weight excluding hydrogens is 312 g/mol. The van der Waals surface area contributed by atoms with Crippen LogP contribution in [0.2, 0.25) is 0 Å². The van der Waals surface area contributed by atoms with E-state index in [1.165, 1.54) is 6.07 Å². The van der Waals surface area contributed by atoms with E-state index in [0.29, 0.717) is 12.0 Å². The van der Waals surface area contributed by atoms with Crippen LogP contribution in [0, 0.1) is 18.3 Å². The van der Waals surface area contributed by atoms with Crippen LogP contribution >= 0.6 is 0 Å². The summed E-state index contributed by atoms with van der Waals surface area (Å²) >= 11 is 0. The summed E-state index contributed by atoms with van der Waals surface area (Å²) in [5, 5.41) is 19.5. The molecule has 2 aromatic rings. The lowest BCUT2D eigenvalue weighted by molar-refractivity contribution is 0.151. The summed E-state index contributed by atoms with van der Waals surface area (Å²) in [4.78, 5) is -0.0587. The Balaban J connectivity index is 2.01. The second kappa shape index (κ2) is 5.78. The number of nitrogens with zero attached hydrogens (tertiary/aromatic N) is 1. The van der Waals surface area contributed by atoms with Crippen LogP contribution in [0.25, 0.3) is 0 Å². The number of benzene rings is 2. The van der Waals surface area contributed by atoms with Gasteiger partial charge < -0.3 is 5.11 Å². The Bertz CT molecular complexity index is 900. The van der Waals surface area contributed by atoms with Gasteiger partial charge in [0.1, 0.15) is 11.0 Å². The molecule has 0 aromatic heterocycles. The number of hydrogen-bond acceptors (Lipinski definition) is 4. The van der Waals surface area contributed by atoms with Gasteiger partial charge in [-0.05, 0) is 29.7 Å². The van der Waals surface area contributed by atoms with Crippen LogP contribution in [0.4, 0.5) is 0 Å². The van der Waals surface area contributed by atoms with Crippen molar-refractivity contribution >= 4 is 10.0 Å². The third kappa shape index (κ3) is 2.75. The Morgan fingerprint density at radius 2 is 1.96 bits per heavy atom. The SMILES string of the molecule is Cc1cccc(S(=O)(=O)N[C@H]2c3ccccc3C[C@@H]2O)c1C#N. The van der Waals surface area contributed by atoms with Crippen molar-refractivity contribution in [3.8, 4) is 6.07 Å². The first-order valence-corrected chi connectivity index (χ1v) is 8.70. The molecule has 5 nitrogen and oxygen atoms in total. The van der Waals surface area contributed by atoms with Gasteiger partial charge in [0.15, 0.2) is 0 Å². The van der Waals surface area contributed by atoms with Crippen LogP contribution in [0.5, 0.6) is 0 Å². The molecule has 2 aromatic carbocycles. The maximum Gasteiger partial charge on any atom is 0.242 e. The van der Waals surface area contributed by atoms with Crippen molar-refractivity contribution < 1.29 is 13.5 Å². The summed E-state index contributed by atoms with van der Waals surface area (Å²) in [6, 6.07) is 13.3. The molecule has 1 aliphatic rings. The van der Waals surface area contributed by atoms with Crippen LogP contribution in [-0.4, -0.2) is 19.6 Å². The number of nitrogens with one attached hydrogen (secondary N) is 1. The minimum atomic E-state index is -3.92. The number of aliphatic hydroxyl groups excluding tert-OH is 1. The van der Waals surface area contributed by atoms with Gasteiger partial charge in [-0.25, -0.2) is 13.1 Å². The zero-order valence-electron chi connectivity index (χ0n) is 12.5. The van der Waals surface area contributed by atoms with E-state index in [9.17, 15) is 18.8 Å². The van der Waals surface area contributed by atoms with Gasteiger partial charge in [0.05, 0.1) is 17.7 Å². The molecule has 0 fully saturated rings. The third-order valence-electron chi connectivity index (χ3n) is 4.12. The number of nitriles is 1. The van der Waals surface area contributed by atoms with Crippen molar-refractivity contribution in [3.05, 3.63) is 64.7 Å². The summed E-state index contributed by atoms with van der Waals surface area (Å²) in [6.07, 6.45) is -0.417. The van der Waals surface area contributed by atoms with E-state index in [1.54, 1.807) is 25.1 Å². The lowest BCUT2D eigenvalue weighted by Crippen LogP contribution is -2.34. The molecule has 0 aliphatic heterocycles. The monoisotopic (exact) mass is 328 g/mol. The molecule has 118 valence electrons. The second-order valence-electron chi connectivity index (χ2n) is 5.63.